The van der Waals surface area contributed by atoms with Crippen LogP contribution in [-0.4, -0.2) is 35.4 Å². The third kappa shape index (κ3) is 3.23. The molecule has 16 heavy (non-hydrogen) atoms. The predicted octanol–water partition coefficient (Wildman–Crippen LogP) is 1.79. The summed E-state index contributed by atoms with van der Waals surface area (Å²) < 4.78 is 0. The standard InChI is InChI=1S/C11H16N2OS2/c12-11(14)9-6-10(16-8-9)7-13-2-1-4-15-5-3-13/h6,8H,1-5,7H2,(H2,12,14). The molecule has 2 rings (SSSR count). The Balaban J connectivity index is 1.94. The minimum Gasteiger partial charge on any atom is -0.366 e. The highest BCUT2D eigenvalue weighted by Gasteiger charge is 2.11. The number of thioether (sulfide) groups is 1. The Morgan fingerprint density at radius 3 is 3.06 bits per heavy atom. The molecule has 0 aromatic carbocycles. The molecule has 0 spiro atoms. The van der Waals surface area contributed by atoms with Crippen molar-refractivity contribution >= 4 is 29.0 Å². The van der Waals surface area contributed by atoms with Crippen LogP contribution in [0.5, 0.6) is 0 Å². The van der Waals surface area contributed by atoms with Crippen molar-refractivity contribution in [3.8, 4) is 0 Å². The normalized spacial score (nSPS) is 18.2. The van der Waals surface area contributed by atoms with E-state index in [0.717, 1.165) is 19.6 Å². The molecule has 0 bridgehead atoms. The van der Waals surface area contributed by atoms with E-state index in [0.29, 0.717) is 5.56 Å². The van der Waals surface area contributed by atoms with Gasteiger partial charge in [0, 0.05) is 29.1 Å². The van der Waals surface area contributed by atoms with Gasteiger partial charge in [-0.1, -0.05) is 0 Å². The molecule has 5 heteroatoms. The van der Waals surface area contributed by atoms with Gasteiger partial charge in [-0.15, -0.1) is 11.3 Å². The van der Waals surface area contributed by atoms with Crippen molar-refractivity contribution < 1.29 is 4.79 Å². The number of carbonyl (C=O) groups excluding carboxylic acids is 1. The highest BCUT2D eigenvalue weighted by Crippen LogP contribution is 2.18. The third-order valence-electron chi connectivity index (χ3n) is 2.63. The van der Waals surface area contributed by atoms with Crippen LogP contribution in [0.4, 0.5) is 0 Å². The van der Waals surface area contributed by atoms with Crippen LogP contribution in [-0.2, 0) is 6.54 Å². The summed E-state index contributed by atoms with van der Waals surface area (Å²) in [6.07, 6.45) is 1.26. The fraction of sp³-hybridized carbons (Fsp3) is 0.545. The minimum atomic E-state index is -0.325. The molecule has 1 aliphatic heterocycles. The summed E-state index contributed by atoms with van der Waals surface area (Å²) in [6, 6.07) is 1.92. The maximum absolute atomic E-state index is 11.0. The van der Waals surface area contributed by atoms with E-state index in [9.17, 15) is 4.79 Å². The fourth-order valence-electron chi connectivity index (χ4n) is 1.77. The number of nitrogens with two attached hydrogens (primary N) is 1. The Morgan fingerprint density at radius 2 is 2.31 bits per heavy atom. The Labute approximate surface area is 104 Å². The van der Waals surface area contributed by atoms with Gasteiger partial charge in [0.1, 0.15) is 0 Å². The number of hydrogen-bond donors (Lipinski definition) is 1. The van der Waals surface area contributed by atoms with Crippen LogP contribution in [0.3, 0.4) is 0 Å². The van der Waals surface area contributed by atoms with E-state index < -0.39 is 0 Å². The largest absolute Gasteiger partial charge is 0.366 e. The first-order valence-electron chi connectivity index (χ1n) is 5.43. The van der Waals surface area contributed by atoms with Crippen molar-refractivity contribution in [1.82, 2.24) is 4.90 Å². The van der Waals surface area contributed by atoms with E-state index in [1.807, 2.05) is 23.2 Å². The maximum Gasteiger partial charge on any atom is 0.249 e. The van der Waals surface area contributed by atoms with E-state index in [1.54, 1.807) is 11.3 Å². The Bertz CT molecular complexity index is 357. The number of thiophene rings is 1. The minimum absolute atomic E-state index is 0.325. The van der Waals surface area contributed by atoms with Gasteiger partial charge in [-0.05, 0) is 24.8 Å². The zero-order chi connectivity index (χ0) is 11.4. The van der Waals surface area contributed by atoms with Gasteiger partial charge >= 0.3 is 0 Å². The van der Waals surface area contributed by atoms with Crippen molar-refractivity contribution in [3.63, 3.8) is 0 Å². The van der Waals surface area contributed by atoms with Crippen LogP contribution in [0.15, 0.2) is 11.4 Å². The monoisotopic (exact) mass is 256 g/mol. The Kier molecular flexibility index (Phi) is 4.26. The lowest BCUT2D eigenvalue weighted by molar-refractivity contribution is 0.100. The van der Waals surface area contributed by atoms with Crippen LogP contribution in [0.25, 0.3) is 0 Å². The van der Waals surface area contributed by atoms with Gasteiger partial charge < -0.3 is 5.73 Å². The molecule has 3 nitrogen and oxygen atoms in total. The summed E-state index contributed by atoms with van der Waals surface area (Å²) >= 11 is 3.66. The summed E-state index contributed by atoms with van der Waals surface area (Å²) in [7, 11) is 0. The average molecular weight is 256 g/mol. The molecule has 1 fully saturated rings. The molecule has 0 atom stereocenters. The van der Waals surface area contributed by atoms with Crippen LogP contribution >= 0.6 is 23.1 Å². The van der Waals surface area contributed by atoms with Crippen molar-refractivity contribution in [3.05, 3.63) is 21.9 Å². The second-order valence-corrected chi connectivity index (χ2v) is 6.13. The molecule has 1 saturated heterocycles. The lowest BCUT2D eigenvalue weighted by Gasteiger charge is -2.17. The number of carbonyl (C=O) groups is 1. The molecule has 2 heterocycles. The molecular weight excluding hydrogens is 240 g/mol. The number of nitrogens with zero attached hydrogens (tertiary/aromatic N) is 1. The maximum atomic E-state index is 11.0. The zero-order valence-electron chi connectivity index (χ0n) is 9.15. The smallest absolute Gasteiger partial charge is 0.249 e. The summed E-state index contributed by atoms with van der Waals surface area (Å²) in [5.41, 5.74) is 5.88. The van der Waals surface area contributed by atoms with E-state index in [1.165, 1.54) is 22.8 Å². The topological polar surface area (TPSA) is 46.3 Å². The van der Waals surface area contributed by atoms with Gasteiger partial charge in [0.15, 0.2) is 0 Å². The van der Waals surface area contributed by atoms with Gasteiger partial charge in [0.2, 0.25) is 5.91 Å². The molecule has 1 aromatic rings. The van der Waals surface area contributed by atoms with Crippen molar-refractivity contribution in [2.45, 2.75) is 13.0 Å². The third-order valence-corrected chi connectivity index (χ3v) is 4.60. The molecule has 0 aliphatic carbocycles. The molecule has 2 N–H and O–H groups in total. The number of hydrogen-bond acceptors (Lipinski definition) is 4. The molecule has 1 aromatic heterocycles. The Morgan fingerprint density at radius 1 is 1.44 bits per heavy atom. The highest BCUT2D eigenvalue weighted by molar-refractivity contribution is 7.99. The van der Waals surface area contributed by atoms with Gasteiger partial charge in [0.05, 0.1) is 5.56 Å². The van der Waals surface area contributed by atoms with Gasteiger partial charge in [-0.25, -0.2) is 0 Å². The van der Waals surface area contributed by atoms with E-state index in [2.05, 4.69) is 4.90 Å². The SMILES string of the molecule is NC(=O)c1csc(CN2CCCSCC2)c1. The highest BCUT2D eigenvalue weighted by atomic mass is 32.2. The van der Waals surface area contributed by atoms with Gasteiger partial charge in [-0.2, -0.15) is 11.8 Å². The van der Waals surface area contributed by atoms with Gasteiger partial charge in [0.25, 0.3) is 0 Å². The van der Waals surface area contributed by atoms with Crippen molar-refractivity contribution in [2.75, 3.05) is 24.6 Å². The lowest BCUT2D eigenvalue weighted by atomic mass is 10.3. The predicted molar refractivity (Wildman–Crippen MR) is 70.1 cm³/mol. The average Bonchev–Trinajstić information content (AvgIpc) is 2.56. The number of rotatable bonds is 3. The van der Waals surface area contributed by atoms with Crippen molar-refractivity contribution in [1.29, 1.82) is 0 Å². The summed E-state index contributed by atoms with van der Waals surface area (Å²) in [4.78, 5) is 14.7. The zero-order valence-corrected chi connectivity index (χ0v) is 10.8. The van der Waals surface area contributed by atoms with Crippen LogP contribution in [0.1, 0.15) is 21.7 Å². The molecular formula is C11H16N2OS2. The fourth-order valence-corrected chi connectivity index (χ4v) is 3.61. The molecule has 1 amide bonds. The summed E-state index contributed by atoms with van der Waals surface area (Å²) in [5.74, 6) is 2.16. The summed E-state index contributed by atoms with van der Waals surface area (Å²) in [5, 5.41) is 1.85. The lowest BCUT2D eigenvalue weighted by Crippen LogP contribution is -2.24. The van der Waals surface area contributed by atoms with Crippen LogP contribution < -0.4 is 5.73 Å². The molecule has 1 aliphatic rings. The second kappa shape index (κ2) is 5.70. The number of amides is 1. The van der Waals surface area contributed by atoms with E-state index in [4.69, 9.17) is 5.73 Å². The first-order valence-corrected chi connectivity index (χ1v) is 7.46. The molecule has 0 radical (unpaired) electrons. The second-order valence-electron chi connectivity index (χ2n) is 3.91. The molecule has 0 unspecified atom stereocenters. The first-order chi connectivity index (χ1) is 7.75. The van der Waals surface area contributed by atoms with Crippen LogP contribution in [0, 0.1) is 0 Å². The summed E-state index contributed by atoms with van der Waals surface area (Å²) in [6.45, 7) is 3.27. The quantitative estimate of drug-likeness (QED) is 0.897. The van der Waals surface area contributed by atoms with Crippen molar-refractivity contribution in [2.24, 2.45) is 5.73 Å². The Hall–Kier alpha value is -0.520. The molecule has 88 valence electrons. The van der Waals surface area contributed by atoms with E-state index >= 15 is 0 Å². The first kappa shape index (κ1) is 12.0. The molecule has 0 saturated carbocycles. The van der Waals surface area contributed by atoms with Gasteiger partial charge in [-0.3, -0.25) is 9.69 Å². The number of primary amides is 1. The van der Waals surface area contributed by atoms with Crippen LogP contribution in [0.2, 0.25) is 0 Å². The van der Waals surface area contributed by atoms with E-state index in [-0.39, 0.29) is 5.91 Å².